The van der Waals surface area contributed by atoms with Gasteiger partial charge < -0.3 is 10.6 Å². The van der Waals surface area contributed by atoms with Gasteiger partial charge in [0.1, 0.15) is 0 Å². The molecule has 104 valence electrons. The number of hydrogen-bond donors (Lipinski definition) is 3. The number of amides is 1. The minimum atomic E-state index is -0.165. The van der Waals surface area contributed by atoms with Crippen molar-refractivity contribution in [3.63, 3.8) is 0 Å². The lowest BCUT2D eigenvalue weighted by Gasteiger charge is -2.10. The second kappa shape index (κ2) is 7.76. The van der Waals surface area contributed by atoms with E-state index in [0.29, 0.717) is 18.2 Å². The summed E-state index contributed by atoms with van der Waals surface area (Å²) < 4.78 is 0.752. The van der Waals surface area contributed by atoms with Crippen molar-refractivity contribution in [2.45, 2.75) is 32.7 Å². The van der Waals surface area contributed by atoms with Crippen molar-refractivity contribution in [3.8, 4) is 0 Å². The Morgan fingerprint density at radius 2 is 2.06 bits per heavy atom. The molecule has 0 aliphatic heterocycles. The number of hydrogen-bond acceptors (Lipinski definition) is 3. The first-order valence-corrected chi connectivity index (χ1v) is 6.45. The second-order valence-corrected chi connectivity index (χ2v) is 5.15. The van der Waals surface area contributed by atoms with Crippen molar-refractivity contribution in [2.24, 2.45) is 0 Å². The van der Waals surface area contributed by atoms with Crippen molar-refractivity contribution in [3.05, 3.63) is 15.9 Å². The van der Waals surface area contributed by atoms with E-state index in [-0.39, 0.29) is 24.4 Å². The number of rotatable bonds is 5. The molecule has 0 spiro atoms. The molecule has 1 aromatic heterocycles. The van der Waals surface area contributed by atoms with Crippen LogP contribution in [0.15, 0.2) is 4.47 Å². The minimum Gasteiger partial charge on any atom is -0.349 e. The van der Waals surface area contributed by atoms with Crippen LogP contribution < -0.4 is 10.6 Å². The van der Waals surface area contributed by atoms with E-state index in [1.807, 2.05) is 27.8 Å². The first-order valence-electron chi connectivity index (χ1n) is 5.66. The zero-order valence-corrected chi connectivity index (χ0v) is 13.4. The maximum Gasteiger partial charge on any atom is 0.273 e. The Bertz CT molecular complexity index is 394. The molecular formula is C11H20BrClN4O. The van der Waals surface area contributed by atoms with Gasteiger partial charge in [0, 0.05) is 12.6 Å². The summed E-state index contributed by atoms with van der Waals surface area (Å²) in [6.45, 7) is 6.66. The number of nitrogens with zero attached hydrogens (tertiary/aromatic N) is 1. The maximum atomic E-state index is 11.9. The second-order valence-electron chi connectivity index (χ2n) is 4.35. The maximum absolute atomic E-state index is 11.9. The normalized spacial score (nSPS) is 12.1. The topological polar surface area (TPSA) is 69.8 Å². The molecule has 0 bridgehead atoms. The van der Waals surface area contributed by atoms with Crippen LogP contribution in [0.3, 0.4) is 0 Å². The van der Waals surface area contributed by atoms with Gasteiger partial charge in [-0.3, -0.25) is 9.89 Å². The molecule has 0 aromatic carbocycles. The highest BCUT2D eigenvalue weighted by Crippen LogP contribution is 2.25. The fourth-order valence-electron chi connectivity index (χ4n) is 1.31. The molecular weight excluding hydrogens is 320 g/mol. The standard InChI is InChI=1S/C11H19BrN4O.ClH/c1-6(2)9-8(12)10(16-15-9)11(17)14-5-7(3)13-4;/h6-7,13H,5H2,1-4H3,(H,14,17)(H,15,16);1H. The quantitative estimate of drug-likeness (QED) is 0.769. The average molecular weight is 340 g/mol. The summed E-state index contributed by atoms with van der Waals surface area (Å²) in [5.41, 5.74) is 1.36. The zero-order valence-electron chi connectivity index (χ0n) is 11.0. The van der Waals surface area contributed by atoms with E-state index in [2.05, 4.69) is 36.8 Å². The molecule has 7 heteroatoms. The third kappa shape index (κ3) is 4.26. The van der Waals surface area contributed by atoms with Crippen molar-refractivity contribution < 1.29 is 4.79 Å². The van der Waals surface area contributed by atoms with Crippen molar-refractivity contribution in [1.29, 1.82) is 0 Å². The van der Waals surface area contributed by atoms with Gasteiger partial charge >= 0.3 is 0 Å². The minimum absolute atomic E-state index is 0. The number of H-pyrrole nitrogens is 1. The number of carbonyl (C=O) groups excluding carboxylic acids is 1. The summed E-state index contributed by atoms with van der Waals surface area (Å²) in [5, 5.41) is 12.8. The molecule has 1 rings (SSSR count). The Morgan fingerprint density at radius 1 is 1.44 bits per heavy atom. The summed E-state index contributed by atoms with van der Waals surface area (Å²) in [4.78, 5) is 11.9. The predicted octanol–water partition coefficient (Wildman–Crippen LogP) is 2.06. The molecule has 1 unspecified atom stereocenters. The molecule has 5 nitrogen and oxygen atoms in total. The van der Waals surface area contributed by atoms with Gasteiger partial charge in [-0.25, -0.2) is 0 Å². The molecule has 0 aliphatic carbocycles. The first kappa shape index (κ1) is 17.4. The van der Waals surface area contributed by atoms with Crippen molar-refractivity contribution >= 4 is 34.2 Å². The van der Waals surface area contributed by atoms with Crippen LogP contribution in [0.2, 0.25) is 0 Å². The van der Waals surface area contributed by atoms with E-state index in [9.17, 15) is 4.79 Å². The van der Waals surface area contributed by atoms with Gasteiger partial charge in [-0.1, -0.05) is 13.8 Å². The third-order valence-electron chi connectivity index (χ3n) is 2.59. The Labute approximate surface area is 122 Å². The van der Waals surface area contributed by atoms with E-state index in [4.69, 9.17) is 0 Å². The van der Waals surface area contributed by atoms with E-state index < -0.39 is 0 Å². The number of nitrogens with one attached hydrogen (secondary N) is 3. The monoisotopic (exact) mass is 338 g/mol. The van der Waals surface area contributed by atoms with Crippen LogP contribution in [0.5, 0.6) is 0 Å². The Hall–Kier alpha value is -0.590. The Kier molecular flexibility index (Phi) is 7.51. The lowest BCUT2D eigenvalue weighted by molar-refractivity contribution is 0.0945. The summed E-state index contributed by atoms with van der Waals surface area (Å²) >= 11 is 3.41. The number of aromatic nitrogens is 2. The van der Waals surface area contributed by atoms with E-state index >= 15 is 0 Å². The predicted molar refractivity (Wildman–Crippen MR) is 78.5 cm³/mol. The molecule has 1 aromatic rings. The van der Waals surface area contributed by atoms with Crippen LogP contribution in [0, 0.1) is 0 Å². The van der Waals surface area contributed by atoms with Crippen LogP contribution >= 0.6 is 28.3 Å². The van der Waals surface area contributed by atoms with Crippen molar-refractivity contribution in [1.82, 2.24) is 20.8 Å². The van der Waals surface area contributed by atoms with Crippen LogP contribution in [0.4, 0.5) is 0 Å². The fraction of sp³-hybridized carbons (Fsp3) is 0.636. The lowest BCUT2D eigenvalue weighted by atomic mass is 10.1. The van der Waals surface area contributed by atoms with Crippen LogP contribution in [-0.2, 0) is 0 Å². The van der Waals surface area contributed by atoms with Crippen LogP contribution in [0.1, 0.15) is 42.9 Å². The summed E-state index contributed by atoms with van der Waals surface area (Å²) in [6.07, 6.45) is 0. The summed E-state index contributed by atoms with van der Waals surface area (Å²) in [5.74, 6) is 0.136. The highest BCUT2D eigenvalue weighted by molar-refractivity contribution is 9.10. The third-order valence-corrected chi connectivity index (χ3v) is 3.39. The van der Waals surface area contributed by atoms with E-state index in [0.717, 1.165) is 10.2 Å². The van der Waals surface area contributed by atoms with E-state index in [1.54, 1.807) is 0 Å². The Morgan fingerprint density at radius 3 is 2.50 bits per heavy atom. The molecule has 0 saturated heterocycles. The molecule has 1 amide bonds. The highest BCUT2D eigenvalue weighted by Gasteiger charge is 2.19. The highest BCUT2D eigenvalue weighted by atomic mass is 79.9. The van der Waals surface area contributed by atoms with Crippen LogP contribution in [-0.4, -0.2) is 35.7 Å². The van der Waals surface area contributed by atoms with Gasteiger partial charge in [0.05, 0.1) is 10.2 Å². The average Bonchev–Trinajstić information content (AvgIpc) is 2.67. The van der Waals surface area contributed by atoms with Gasteiger partial charge in [-0.05, 0) is 35.8 Å². The SMILES string of the molecule is CNC(C)CNC(=O)c1n[nH]c(C(C)C)c1Br.Cl. The van der Waals surface area contributed by atoms with Crippen molar-refractivity contribution in [2.75, 3.05) is 13.6 Å². The molecule has 18 heavy (non-hydrogen) atoms. The molecule has 1 heterocycles. The number of likely N-dealkylation sites (N-methyl/N-ethyl adjacent to an activating group) is 1. The molecule has 1 atom stereocenters. The van der Waals surface area contributed by atoms with Gasteiger partial charge in [-0.15, -0.1) is 12.4 Å². The molecule has 0 radical (unpaired) electrons. The molecule has 0 aliphatic rings. The van der Waals surface area contributed by atoms with Gasteiger partial charge in [0.25, 0.3) is 5.91 Å². The molecule has 3 N–H and O–H groups in total. The molecule has 0 saturated carbocycles. The smallest absolute Gasteiger partial charge is 0.273 e. The Balaban J connectivity index is 0.00000289. The summed E-state index contributed by atoms with van der Waals surface area (Å²) in [6, 6.07) is 0.237. The van der Waals surface area contributed by atoms with Gasteiger partial charge in [0.2, 0.25) is 0 Å². The van der Waals surface area contributed by atoms with Crippen LogP contribution in [0.25, 0.3) is 0 Å². The van der Waals surface area contributed by atoms with E-state index in [1.165, 1.54) is 0 Å². The number of carbonyl (C=O) groups is 1. The van der Waals surface area contributed by atoms with Gasteiger partial charge in [0.15, 0.2) is 5.69 Å². The first-order chi connectivity index (χ1) is 7.97. The zero-order chi connectivity index (χ0) is 13.0. The van der Waals surface area contributed by atoms with Gasteiger partial charge in [-0.2, -0.15) is 5.10 Å². The largest absolute Gasteiger partial charge is 0.349 e. The lowest BCUT2D eigenvalue weighted by Crippen LogP contribution is -2.37. The number of halogens is 2. The summed E-state index contributed by atoms with van der Waals surface area (Å²) in [7, 11) is 1.86. The number of aromatic amines is 1. The fourth-order valence-corrected chi connectivity index (χ4v) is 2.12. The molecule has 0 fully saturated rings.